The monoisotopic (exact) mass is 386 g/mol. The molecule has 2 aromatic carbocycles. The maximum Gasteiger partial charge on any atom is 0.305 e. The largest absolute Gasteiger partial charge is 0.481 e. The minimum absolute atomic E-state index is 0.0568. The average molecular weight is 387 g/mol. The summed E-state index contributed by atoms with van der Waals surface area (Å²) in [4.78, 5) is 34.7. The van der Waals surface area contributed by atoms with Crippen LogP contribution in [0.15, 0.2) is 48.5 Å². The molecule has 2 amide bonds. The number of rotatable bonds is 7. The van der Waals surface area contributed by atoms with Crippen molar-refractivity contribution in [3.63, 3.8) is 0 Å². The van der Waals surface area contributed by atoms with Gasteiger partial charge in [-0.25, -0.2) is 0 Å². The number of amides is 2. The van der Waals surface area contributed by atoms with Gasteiger partial charge in [0.25, 0.3) is 5.91 Å². The van der Waals surface area contributed by atoms with E-state index < -0.39 is 5.97 Å². The number of halogens is 1. The minimum Gasteiger partial charge on any atom is -0.481 e. The summed E-state index contributed by atoms with van der Waals surface area (Å²) in [7, 11) is 0. The highest BCUT2D eigenvalue weighted by molar-refractivity contribution is 6.30. The van der Waals surface area contributed by atoms with Crippen molar-refractivity contribution in [2.24, 2.45) is 5.92 Å². The summed E-state index contributed by atoms with van der Waals surface area (Å²) >= 11 is 6.00. The fourth-order valence-electron chi connectivity index (χ4n) is 2.92. The van der Waals surface area contributed by atoms with Crippen molar-refractivity contribution in [1.82, 2.24) is 5.32 Å². The number of hydrogen-bond acceptors (Lipinski definition) is 3. The van der Waals surface area contributed by atoms with Gasteiger partial charge in [-0.1, -0.05) is 23.7 Å². The Kier molecular flexibility index (Phi) is 5.76. The summed E-state index contributed by atoms with van der Waals surface area (Å²) in [6, 6.07) is 14.0. The zero-order valence-electron chi connectivity index (χ0n) is 14.4. The van der Waals surface area contributed by atoms with Gasteiger partial charge in [-0.15, -0.1) is 0 Å². The molecular formula is C20H19ClN2O4. The molecule has 0 bridgehead atoms. The molecule has 7 heteroatoms. The Hall–Kier alpha value is -2.86. The van der Waals surface area contributed by atoms with Crippen LogP contribution in [0.4, 0.5) is 5.69 Å². The molecule has 0 radical (unpaired) electrons. The first kappa shape index (κ1) is 18.9. The Balaban J connectivity index is 1.52. The highest BCUT2D eigenvalue weighted by atomic mass is 35.5. The van der Waals surface area contributed by atoms with Gasteiger partial charge < -0.3 is 15.7 Å². The highest BCUT2D eigenvalue weighted by Gasteiger charge is 2.43. The average Bonchev–Trinajstić information content (AvgIpc) is 3.43. The van der Waals surface area contributed by atoms with Gasteiger partial charge in [-0.3, -0.25) is 14.4 Å². The summed E-state index contributed by atoms with van der Waals surface area (Å²) < 4.78 is 0. The van der Waals surface area contributed by atoms with Gasteiger partial charge >= 0.3 is 5.97 Å². The second-order valence-corrected chi connectivity index (χ2v) is 6.91. The van der Waals surface area contributed by atoms with Crippen molar-refractivity contribution in [3.8, 4) is 0 Å². The standard InChI is InChI=1S/C20H19ClN2O4/c21-14-3-1-2-13(10-14)16-11-17(16)20(27)23-15-6-4-12(5-7-15)19(26)22-9-8-18(24)25/h1-7,10,16-17H,8-9,11H2,(H,22,26)(H,23,27)(H,24,25). The molecule has 1 fully saturated rings. The topological polar surface area (TPSA) is 95.5 Å². The molecule has 1 saturated carbocycles. The summed E-state index contributed by atoms with van der Waals surface area (Å²) in [5.41, 5.74) is 2.08. The maximum absolute atomic E-state index is 12.4. The number of carbonyl (C=O) groups is 3. The van der Waals surface area contributed by atoms with Gasteiger partial charge in [0.2, 0.25) is 5.91 Å². The van der Waals surface area contributed by atoms with Gasteiger partial charge in [0.15, 0.2) is 0 Å². The van der Waals surface area contributed by atoms with E-state index in [0.717, 1.165) is 12.0 Å². The number of aliphatic carboxylic acids is 1. The van der Waals surface area contributed by atoms with Crippen LogP contribution in [0.3, 0.4) is 0 Å². The van der Waals surface area contributed by atoms with Gasteiger partial charge in [0, 0.05) is 28.7 Å². The first-order valence-corrected chi connectivity index (χ1v) is 8.98. The molecule has 0 aromatic heterocycles. The normalized spacial score (nSPS) is 17.8. The Morgan fingerprint density at radius 2 is 1.85 bits per heavy atom. The van der Waals surface area contributed by atoms with Crippen LogP contribution in [0.2, 0.25) is 5.02 Å². The Morgan fingerprint density at radius 1 is 1.11 bits per heavy atom. The van der Waals surface area contributed by atoms with Crippen LogP contribution in [-0.4, -0.2) is 29.4 Å². The third kappa shape index (κ3) is 5.08. The lowest BCUT2D eigenvalue weighted by Crippen LogP contribution is -2.26. The number of benzene rings is 2. The van der Waals surface area contributed by atoms with E-state index >= 15 is 0 Å². The summed E-state index contributed by atoms with van der Waals surface area (Å²) in [6.45, 7) is 0.0687. The number of nitrogens with one attached hydrogen (secondary N) is 2. The number of carboxylic acids is 1. The highest BCUT2D eigenvalue weighted by Crippen LogP contribution is 2.48. The number of carboxylic acid groups (broad SMARTS) is 1. The van der Waals surface area contributed by atoms with Crippen LogP contribution in [0.1, 0.15) is 34.7 Å². The second kappa shape index (κ2) is 8.22. The Morgan fingerprint density at radius 3 is 2.52 bits per heavy atom. The van der Waals surface area contributed by atoms with Crippen LogP contribution in [0.25, 0.3) is 0 Å². The predicted molar refractivity (Wildman–Crippen MR) is 102 cm³/mol. The molecule has 1 aliphatic rings. The fraction of sp³-hybridized carbons (Fsp3) is 0.250. The van der Waals surface area contributed by atoms with Gasteiger partial charge in [0.1, 0.15) is 0 Å². The lowest BCUT2D eigenvalue weighted by molar-refractivity contribution is -0.136. The van der Waals surface area contributed by atoms with E-state index in [0.29, 0.717) is 16.3 Å². The van der Waals surface area contributed by atoms with Crippen LogP contribution in [0.5, 0.6) is 0 Å². The molecule has 0 aliphatic heterocycles. The molecule has 2 atom stereocenters. The van der Waals surface area contributed by atoms with Crippen molar-refractivity contribution in [2.75, 3.05) is 11.9 Å². The number of anilines is 1. The molecule has 2 unspecified atom stereocenters. The minimum atomic E-state index is -0.968. The lowest BCUT2D eigenvalue weighted by atomic mass is 10.1. The Bertz CT molecular complexity index is 867. The molecule has 3 rings (SSSR count). The van der Waals surface area contributed by atoms with Crippen molar-refractivity contribution in [3.05, 3.63) is 64.7 Å². The van der Waals surface area contributed by atoms with Crippen molar-refractivity contribution >= 4 is 35.1 Å². The number of carbonyl (C=O) groups excluding carboxylic acids is 2. The zero-order valence-corrected chi connectivity index (χ0v) is 15.2. The summed E-state index contributed by atoms with van der Waals surface area (Å²) in [5.74, 6) is -1.27. The first-order chi connectivity index (χ1) is 12.9. The Labute approximate surface area is 161 Å². The van der Waals surface area contributed by atoms with Crippen LogP contribution >= 0.6 is 11.6 Å². The quantitative estimate of drug-likeness (QED) is 0.680. The maximum atomic E-state index is 12.4. The molecule has 27 heavy (non-hydrogen) atoms. The van der Waals surface area contributed by atoms with E-state index in [-0.39, 0.29) is 36.6 Å². The predicted octanol–water partition coefficient (Wildman–Crippen LogP) is 3.29. The van der Waals surface area contributed by atoms with E-state index in [2.05, 4.69) is 10.6 Å². The molecule has 3 N–H and O–H groups in total. The molecule has 0 spiro atoms. The van der Waals surface area contributed by atoms with Crippen molar-refractivity contribution in [1.29, 1.82) is 0 Å². The zero-order chi connectivity index (χ0) is 19.4. The van der Waals surface area contributed by atoms with E-state index in [1.807, 2.05) is 24.3 Å². The van der Waals surface area contributed by atoms with Crippen LogP contribution in [-0.2, 0) is 9.59 Å². The molecule has 0 heterocycles. The first-order valence-electron chi connectivity index (χ1n) is 8.60. The van der Waals surface area contributed by atoms with E-state index in [9.17, 15) is 14.4 Å². The van der Waals surface area contributed by atoms with Crippen LogP contribution in [0, 0.1) is 5.92 Å². The van der Waals surface area contributed by atoms with Crippen LogP contribution < -0.4 is 10.6 Å². The van der Waals surface area contributed by atoms with Gasteiger partial charge in [0.05, 0.1) is 6.42 Å². The van der Waals surface area contributed by atoms with E-state index in [1.54, 1.807) is 24.3 Å². The van der Waals surface area contributed by atoms with E-state index in [1.165, 1.54) is 0 Å². The lowest BCUT2D eigenvalue weighted by Gasteiger charge is -2.07. The SMILES string of the molecule is O=C(O)CCNC(=O)c1ccc(NC(=O)C2CC2c2cccc(Cl)c2)cc1. The smallest absolute Gasteiger partial charge is 0.305 e. The third-order valence-corrected chi connectivity index (χ3v) is 4.68. The van der Waals surface area contributed by atoms with Gasteiger partial charge in [-0.2, -0.15) is 0 Å². The fourth-order valence-corrected chi connectivity index (χ4v) is 3.11. The molecule has 1 aliphatic carbocycles. The summed E-state index contributed by atoms with van der Waals surface area (Å²) in [6.07, 6.45) is 0.658. The molecular weight excluding hydrogens is 368 g/mol. The molecule has 6 nitrogen and oxygen atoms in total. The van der Waals surface area contributed by atoms with Gasteiger partial charge in [-0.05, 0) is 54.3 Å². The number of hydrogen-bond donors (Lipinski definition) is 3. The van der Waals surface area contributed by atoms with E-state index in [4.69, 9.17) is 16.7 Å². The summed E-state index contributed by atoms with van der Waals surface area (Å²) in [5, 5.41) is 14.6. The van der Waals surface area contributed by atoms with Crippen molar-refractivity contribution < 1.29 is 19.5 Å². The molecule has 2 aromatic rings. The second-order valence-electron chi connectivity index (χ2n) is 6.47. The third-order valence-electron chi connectivity index (χ3n) is 4.44. The molecule has 140 valence electrons. The molecule has 0 saturated heterocycles. The van der Waals surface area contributed by atoms with Crippen molar-refractivity contribution in [2.45, 2.75) is 18.8 Å².